The number of ether oxygens (including phenoxy) is 2. The maximum atomic E-state index is 13.0. The van der Waals surface area contributed by atoms with Gasteiger partial charge in [-0.1, -0.05) is 37.3 Å². The summed E-state index contributed by atoms with van der Waals surface area (Å²) in [6.07, 6.45) is -2.32. The molecule has 1 amide bonds. The molecule has 0 radical (unpaired) electrons. The Balaban J connectivity index is 1.61. The second kappa shape index (κ2) is 7.25. The summed E-state index contributed by atoms with van der Waals surface area (Å²) in [7, 11) is 0. The average Bonchev–Trinajstić information content (AvgIpc) is 3.25. The van der Waals surface area contributed by atoms with Crippen LogP contribution in [-0.2, 0) is 0 Å². The molecule has 1 aliphatic carbocycles. The Hall–Kier alpha value is -3.10. The third-order valence-electron chi connectivity index (χ3n) is 6.81. The lowest BCUT2D eigenvalue weighted by Gasteiger charge is -2.50. The van der Waals surface area contributed by atoms with Crippen molar-refractivity contribution in [2.24, 2.45) is 11.8 Å². The Morgan fingerprint density at radius 3 is 2.65 bits per heavy atom. The fourth-order valence-electron chi connectivity index (χ4n) is 5.20. The Morgan fingerprint density at radius 2 is 1.90 bits per heavy atom. The van der Waals surface area contributed by atoms with Gasteiger partial charge in [0.15, 0.2) is 17.3 Å². The largest absolute Gasteiger partial charge is 0.504 e. The van der Waals surface area contributed by atoms with Crippen molar-refractivity contribution in [3.63, 3.8) is 0 Å². The summed E-state index contributed by atoms with van der Waals surface area (Å²) in [6, 6.07) is 9.87. The SMILES string of the molecule is C[C@@H]1[C@H](O)[C@@H](O)[C@H](CC(=O)c2ccccc2)[C@@H]2c3cc4c(c(O)c3C(=O)N[C@@H]12)OCO4. The van der Waals surface area contributed by atoms with Gasteiger partial charge in [0, 0.05) is 35.8 Å². The number of fused-ring (bicyclic) bond motifs is 4. The number of rotatable bonds is 3. The fourth-order valence-corrected chi connectivity index (χ4v) is 5.20. The van der Waals surface area contributed by atoms with Gasteiger partial charge in [0.25, 0.3) is 5.91 Å². The summed E-state index contributed by atoms with van der Waals surface area (Å²) >= 11 is 0. The van der Waals surface area contributed by atoms with E-state index in [0.717, 1.165) is 0 Å². The van der Waals surface area contributed by atoms with Gasteiger partial charge in [0.2, 0.25) is 12.5 Å². The number of phenols is 1. The number of nitrogens with one attached hydrogen (secondary N) is 1. The Bertz CT molecular complexity index is 1050. The summed E-state index contributed by atoms with van der Waals surface area (Å²) < 4.78 is 10.7. The normalized spacial score (nSPS) is 30.9. The minimum atomic E-state index is -1.18. The van der Waals surface area contributed by atoms with Gasteiger partial charge in [-0.3, -0.25) is 9.59 Å². The number of carbonyl (C=O) groups is 2. The molecule has 31 heavy (non-hydrogen) atoms. The lowest BCUT2D eigenvalue weighted by Crippen LogP contribution is -2.61. The van der Waals surface area contributed by atoms with Crippen LogP contribution in [0.15, 0.2) is 36.4 Å². The van der Waals surface area contributed by atoms with E-state index in [1.54, 1.807) is 37.3 Å². The number of hydrogen-bond donors (Lipinski definition) is 4. The van der Waals surface area contributed by atoms with E-state index in [1.165, 1.54) is 0 Å². The molecule has 6 atom stereocenters. The number of hydrogen-bond acceptors (Lipinski definition) is 7. The molecule has 0 unspecified atom stereocenters. The van der Waals surface area contributed by atoms with Crippen LogP contribution in [0.2, 0.25) is 0 Å². The predicted molar refractivity (Wildman–Crippen MR) is 108 cm³/mol. The first-order chi connectivity index (χ1) is 14.9. The molecule has 1 saturated carbocycles. The van der Waals surface area contributed by atoms with Gasteiger partial charge in [0.1, 0.15) is 0 Å². The molecule has 5 rings (SSSR count). The minimum Gasteiger partial charge on any atom is -0.504 e. The average molecular weight is 425 g/mol. The van der Waals surface area contributed by atoms with Crippen LogP contribution >= 0.6 is 0 Å². The number of aliphatic hydroxyl groups excluding tert-OH is 2. The molecule has 3 aliphatic rings. The summed E-state index contributed by atoms with van der Waals surface area (Å²) in [5.74, 6) is -2.21. The molecule has 8 nitrogen and oxygen atoms in total. The van der Waals surface area contributed by atoms with Crippen molar-refractivity contribution in [3.05, 3.63) is 53.1 Å². The number of amides is 1. The zero-order chi connectivity index (χ0) is 21.9. The molecule has 0 bridgehead atoms. The van der Waals surface area contributed by atoms with Crippen LogP contribution in [0.4, 0.5) is 0 Å². The van der Waals surface area contributed by atoms with E-state index in [4.69, 9.17) is 9.47 Å². The molecule has 1 fully saturated rings. The van der Waals surface area contributed by atoms with Crippen LogP contribution in [0, 0.1) is 11.8 Å². The van der Waals surface area contributed by atoms with Crippen molar-refractivity contribution in [2.75, 3.05) is 6.79 Å². The summed E-state index contributed by atoms with van der Waals surface area (Å²) in [5.41, 5.74) is 1.05. The molecular weight excluding hydrogens is 402 g/mol. The van der Waals surface area contributed by atoms with Crippen LogP contribution in [-0.4, -0.2) is 52.1 Å². The van der Waals surface area contributed by atoms with Gasteiger partial charge in [-0.25, -0.2) is 0 Å². The van der Waals surface area contributed by atoms with E-state index in [9.17, 15) is 24.9 Å². The molecule has 0 aromatic heterocycles. The standard InChI is InChI=1S/C23H23NO7/c1-10-18-16(12-8-15-22(31-9-30-15)21(28)17(12)23(29)24-18)13(20(27)19(10)26)7-14(25)11-5-3-2-4-6-11/h2-6,8,10,13,16,18-20,26-28H,7,9H2,1H3,(H,24,29)/t10-,13+,16-,18-,19-,20-/m0/s1. The van der Waals surface area contributed by atoms with Crippen molar-refractivity contribution in [1.82, 2.24) is 5.32 Å². The number of carbonyl (C=O) groups excluding carboxylic acids is 2. The van der Waals surface area contributed by atoms with Crippen molar-refractivity contribution in [3.8, 4) is 17.2 Å². The lowest BCUT2D eigenvalue weighted by atomic mass is 9.61. The quantitative estimate of drug-likeness (QED) is 0.550. The van der Waals surface area contributed by atoms with E-state index < -0.39 is 41.9 Å². The van der Waals surface area contributed by atoms with E-state index in [2.05, 4.69) is 5.32 Å². The van der Waals surface area contributed by atoms with Crippen molar-refractivity contribution in [2.45, 2.75) is 37.5 Å². The molecule has 162 valence electrons. The maximum absolute atomic E-state index is 13.0. The van der Waals surface area contributed by atoms with Crippen LogP contribution < -0.4 is 14.8 Å². The summed E-state index contributed by atoms with van der Waals surface area (Å²) in [4.78, 5) is 25.8. The molecule has 2 aliphatic heterocycles. The second-order valence-electron chi connectivity index (χ2n) is 8.45. The number of phenolic OH excluding ortho intramolecular Hbond substituents is 1. The van der Waals surface area contributed by atoms with Crippen molar-refractivity contribution < 1.29 is 34.4 Å². The lowest BCUT2D eigenvalue weighted by molar-refractivity contribution is -0.0928. The molecule has 4 N–H and O–H groups in total. The first kappa shape index (κ1) is 19.8. The molecule has 0 saturated heterocycles. The fraction of sp³-hybridized carbons (Fsp3) is 0.391. The summed E-state index contributed by atoms with van der Waals surface area (Å²) in [6.45, 7) is 1.67. The highest BCUT2D eigenvalue weighted by Gasteiger charge is 2.53. The number of ketones is 1. The highest BCUT2D eigenvalue weighted by atomic mass is 16.7. The first-order valence-electron chi connectivity index (χ1n) is 10.3. The highest BCUT2D eigenvalue weighted by molar-refractivity contribution is 6.02. The molecular formula is C23H23NO7. The third kappa shape index (κ3) is 2.97. The number of benzene rings is 2. The van der Waals surface area contributed by atoms with Gasteiger partial charge in [-0.05, 0) is 11.6 Å². The van der Waals surface area contributed by atoms with E-state index in [-0.39, 0.29) is 36.1 Å². The second-order valence-corrected chi connectivity index (χ2v) is 8.45. The van der Waals surface area contributed by atoms with Crippen LogP contribution in [0.3, 0.4) is 0 Å². The Morgan fingerprint density at radius 1 is 1.16 bits per heavy atom. The van der Waals surface area contributed by atoms with Crippen LogP contribution in [0.25, 0.3) is 0 Å². The number of aromatic hydroxyl groups is 1. The van der Waals surface area contributed by atoms with Gasteiger partial charge in [-0.15, -0.1) is 0 Å². The topological polar surface area (TPSA) is 125 Å². The molecule has 0 spiro atoms. The van der Waals surface area contributed by atoms with Gasteiger partial charge in [-0.2, -0.15) is 0 Å². The van der Waals surface area contributed by atoms with Gasteiger partial charge in [0.05, 0.1) is 17.8 Å². The molecule has 2 aromatic carbocycles. The minimum absolute atomic E-state index is 0.0271. The number of aliphatic hydroxyl groups is 2. The first-order valence-corrected chi connectivity index (χ1v) is 10.3. The maximum Gasteiger partial charge on any atom is 0.255 e. The van der Waals surface area contributed by atoms with E-state index in [1.807, 2.05) is 6.07 Å². The monoisotopic (exact) mass is 425 g/mol. The van der Waals surface area contributed by atoms with Gasteiger partial charge >= 0.3 is 0 Å². The Labute approximate surface area is 178 Å². The van der Waals surface area contributed by atoms with Crippen LogP contribution in [0.5, 0.6) is 17.2 Å². The molecule has 2 aromatic rings. The number of Topliss-reactive ketones (excluding diaryl/α,β-unsaturated/α-hetero) is 1. The highest BCUT2D eigenvalue weighted by Crippen LogP contribution is 2.52. The van der Waals surface area contributed by atoms with Gasteiger partial charge < -0.3 is 30.1 Å². The van der Waals surface area contributed by atoms with Crippen molar-refractivity contribution >= 4 is 11.7 Å². The summed E-state index contributed by atoms with van der Waals surface area (Å²) in [5, 5.41) is 35.2. The van der Waals surface area contributed by atoms with Crippen LogP contribution in [0.1, 0.15) is 45.5 Å². The predicted octanol–water partition coefficient (Wildman–Crippen LogP) is 1.58. The molecule has 2 heterocycles. The Kier molecular flexibility index (Phi) is 4.64. The van der Waals surface area contributed by atoms with E-state index >= 15 is 0 Å². The van der Waals surface area contributed by atoms with Crippen molar-refractivity contribution in [1.29, 1.82) is 0 Å². The van der Waals surface area contributed by atoms with E-state index in [0.29, 0.717) is 16.9 Å². The smallest absolute Gasteiger partial charge is 0.255 e. The third-order valence-corrected chi connectivity index (χ3v) is 6.81. The molecule has 8 heteroatoms. The zero-order valence-electron chi connectivity index (χ0n) is 16.8. The zero-order valence-corrected chi connectivity index (χ0v) is 16.8.